The first kappa shape index (κ1) is 25.6. The van der Waals surface area contributed by atoms with Gasteiger partial charge in [-0.3, -0.25) is 20.3 Å². The molecule has 0 aromatic heterocycles. The molecule has 2 aliphatic rings. The summed E-state index contributed by atoms with van der Waals surface area (Å²) in [5.41, 5.74) is 12.6. The van der Waals surface area contributed by atoms with E-state index in [1.807, 2.05) is 0 Å². The molecule has 192 valence electrons. The second-order valence-corrected chi connectivity index (χ2v) is 11.4. The van der Waals surface area contributed by atoms with Crippen LogP contribution >= 0.6 is 0 Å². The largest absolute Gasteiger partial charge is 0.384 e. The van der Waals surface area contributed by atoms with Crippen molar-refractivity contribution in [2.24, 2.45) is 11.5 Å². The minimum absolute atomic E-state index is 0.0742. The number of rotatable bonds is 8. The number of nitrogens with two attached hydrogens (primary N) is 2. The predicted octanol–water partition coefficient (Wildman–Crippen LogP) is 1.34. The van der Waals surface area contributed by atoms with Crippen LogP contribution in [0.15, 0.2) is 53.4 Å². The van der Waals surface area contributed by atoms with E-state index >= 15 is 0 Å². The van der Waals surface area contributed by atoms with Crippen molar-refractivity contribution >= 4 is 27.3 Å². The van der Waals surface area contributed by atoms with E-state index in [9.17, 15) is 23.3 Å². The molecule has 0 saturated heterocycles. The van der Waals surface area contributed by atoms with Crippen LogP contribution in [0.25, 0.3) is 0 Å². The molecular weight excluding hydrogens is 484 g/mol. The number of nitro groups is 1. The fourth-order valence-corrected chi connectivity index (χ4v) is 6.23. The third-order valence-corrected chi connectivity index (χ3v) is 8.63. The van der Waals surface area contributed by atoms with E-state index in [-0.39, 0.29) is 40.7 Å². The van der Waals surface area contributed by atoms with Crippen molar-refractivity contribution in [1.82, 2.24) is 5.32 Å². The normalized spacial score (nSPS) is 23.6. The topological polar surface area (TPSA) is 186 Å². The number of anilines is 1. The fraction of sp³-hybridized carbons (Fsp3) is 0.417. The first-order chi connectivity index (χ1) is 17.1. The van der Waals surface area contributed by atoms with Crippen LogP contribution in [0.4, 0.5) is 5.69 Å². The molecule has 0 bridgehead atoms. The lowest BCUT2D eigenvalue weighted by atomic mass is 9.91. The maximum absolute atomic E-state index is 13.5. The van der Waals surface area contributed by atoms with Gasteiger partial charge in [-0.05, 0) is 49.9 Å². The highest BCUT2D eigenvalue weighted by Crippen LogP contribution is 2.42. The van der Waals surface area contributed by atoms with Gasteiger partial charge in [-0.15, -0.1) is 0 Å². The molecule has 12 heteroatoms. The summed E-state index contributed by atoms with van der Waals surface area (Å²) >= 11 is 0. The van der Waals surface area contributed by atoms with Crippen molar-refractivity contribution in [2.45, 2.75) is 54.7 Å². The molecule has 1 aliphatic heterocycles. The van der Waals surface area contributed by atoms with Gasteiger partial charge in [0, 0.05) is 34.8 Å². The lowest BCUT2D eigenvalue weighted by molar-refractivity contribution is -0.528. The van der Waals surface area contributed by atoms with Gasteiger partial charge in [0.2, 0.25) is 0 Å². The molecule has 2 atom stereocenters. The molecule has 1 saturated carbocycles. The van der Waals surface area contributed by atoms with Crippen molar-refractivity contribution in [3.8, 4) is 0 Å². The summed E-state index contributed by atoms with van der Waals surface area (Å²) < 4.78 is 26.0. The summed E-state index contributed by atoms with van der Waals surface area (Å²) in [5, 5.41) is 22.9. The Morgan fingerprint density at radius 3 is 2.42 bits per heavy atom. The number of nitrogen functional groups attached to an aromatic ring is 1. The molecule has 1 amide bonds. The van der Waals surface area contributed by atoms with E-state index in [2.05, 4.69) is 5.32 Å². The molecule has 0 spiro atoms. The van der Waals surface area contributed by atoms with E-state index < -0.39 is 32.8 Å². The standard InChI is InChI=1S/C24H30N6O5S/c25-16-7-9-17(10-8-16)28-24(31)22-21(30(32)33)19-11-6-15(23(26)27)14-20(19)29(22)12-13-36(34,35)18-4-2-1-3-5-18/h1-6,11,14,16-17,21-22H,7-10,12-13,25H2,(H3,26,27)(H,28,31). The molecule has 6 N–H and O–H groups in total. The first-order valence-electron chi connectivity index (χ1n) is 11.8. The Kier molecular flexibility index (Phi) is 7.27. The predicted molar refractivity (Wildman–Crippen MR) is 135 cm³/mol. The minimum Gasteiger partial charge on any atom is -0.384 e. The van der Waals surface area contributed by atoms with Gasteiger partial charge < -0.3 is 21.7 Å². The number of benzene rings is 2. The molecule has 2 aromatic rings. The van der Waals surface area contributed by atoms with Crippen molar-refractivity contribution in [1.29, 1.82) is 5.41 Å². The quantitative estimate of drug-likeness (QED) is 0.176. The van der Waals surface area contributed by atoms with E-state index in [1.165, 1.54) is 35.2 Å². The molecular formula is C24H30N6O5S. The average Bonchev–Trinajstić information content (AvgIpc) is 3.19. The zero-order valence-corrected chi connectivity index (χ0v) is 20.5. The van der Waals surface area contributed by atoms with Gasteiger partial charge in [0.1, 0.15) is 5.84 Å². The number of fused-ring (bicyclic) bond motifs is 1. The highest BCUT2D eigenvalue weighted by atomic mass is 32.2. The molecule has 4 rings (SSSR count). The number of amides is 1. The Bertz CT molecular complexity index is 1260. The summed E-state index contributed by atoms with van der Waals surface area (Å²) in [4.78, 5) is 26.8. The summed E-state index contributed by atoms with van der Waals surface area (Å²) in [6.07, 6.45) is 2.84. The zero-order chi connectivity index (χ0) is 26.0. The lowest BCUT2D eigenvalue weighted by Crippen LogP contribution is -2.53. The Labute approximate surface area is 209 Å². The third kappa shape index (κ3) is 5.19. The first-order valence-corrected chi connectivity index (χ1v) is 13.5. The van der Waals surface area contributed by atoms with Gasteiger partial charge in [-0.25, -0.2) is 8.42 Å². The zero-order valence-electron chi connectivity index (χ0n) is 19.7. The van der Waals surface area contributed by atoms with Crippen molar-refractivity contribution in [2.75, 3.05) is 17.2 Å². The smallest absolute Gasteiger partial charge is 0.269 e. The van der Waals surface area contributed by atoms with E-state index in [1.54, 1.807) is 18.2 Å². The van der Waals surface area contributed by atoms with Gasteiger partial charge in [-0.1, -0.05) is 24.3 Å². The Morgan fingerprint density at radius 1 is 1.14 bits per heavy atom. The van der Waals surface area contributed by atoms with Crippen LogP contribution in [0.2, 0.25) is 0 Å². The van der Waals surface area contributed by atoms with Crippen LogP contribution in [-0.2, 0) is 14.6 Å². The number of carbonyl (C=O) groups is 1. The number of carbonyl (C=O) groups excluding carboxylic acids is 1. The molecule has 2 aromatic carbocycles. The van der Waals surface area contributed by atoms with Crippen LogP contribution in [0.3, 0.4) is 0 Å². The molecule has 2 unspecified atom stereocenters. The van der Waals surface area contributed by atoms with Crippen LogP contribution in [-0.4, -0.2) is 55.5 Å². The summed E-state index contributed by atoms with van der Waals surface area (Å²) in [6.45, 7) is -0.149. The summed E-state index contributed by atoms with van der Waals surface area (Å²) in [7, 11) is -3.72. The Balaban J connectivity index is 1.68. The number of hydrogen-bond acceptors (Lipinski definition) is 8. The van der Waals surface area contributed by atoms with Crippen LogP contribution in [0.5, 0.6) is 0 Å². The monoisotopic (exact) mass is 514 g/mol. The number of nitrogens with zero attached hydrogens (tertiary/aromatic N) is 2. The molecule has 1 aliphatic carbocycles. The van der Waals surface area contributed by atoms with Crippen molar-refractivity contribution in [3.63, 3.8) is 0 Å². The van der Waals surface area contributed by atoms with Gasteiger partial charge in [0.25, 0.3) is 11.9 Å². The lowest BCUT2D eigenvalue weighted by Gasteiger charge is -2.31. The highest BCUT2D eigenvalue weighted by molar-refractivity contribution is 7.91. The van der Waals surface area contributed by atoms with E-state index in [4.69, 9.17) is 16.9 Å². The Hall–Kier alpha value is -3.51. The molecule has 0 radical (unpaired) electrons. The fourth-order valence-electron chi connectivity index (χ4n) is 4.99. The van der Waals surface area contributed by atoms with Crippen molar-refractivity contribution in [3.05, 3.63) is 69.8 Å². The molecule has 11 nitrogen and oxygen atoms in total. The van der Waals surface area contributed by atoms with Gasteiger partial charge in [0.15, 0.2) is 15.9 Å². The van der Waals surface area contributed by atoms with Crippen molar-refractivity contribution < 1.29 is 18.1 Å². The van der Waals surface area contributed by atoms with Gasteiger partial charge >= 0.3 is 0 Å². The highest BCUT2D eigenvalue weighted by Gasteiger charge is 2.51. The molecule has 1 heterocycles. The number of hydrogen-bond donors (Lipinski definition) is 4. The van der Waals surface area contributed by atoms with E-state index in [0.717, 1.165) is 12.8 Å². The third-order valence-electron chi connectivity index (χ3n) is 6.92. The number of amidine groups is 1. The maximum atomic E-state index is 13.5. The SMILES string of the molecule is N=C(N)c1ccc2c(c1)N(CCS(=O)(=O)c1ccccc1)C(C(=O)NC1CCC(N)CC1)C2[N+](=O)[O-]. The molecule has 1 fully saturated rings. The second kappa shape index (κ2) is 10.2. The molecule has 36 heavy (non-hydrogen) atoms. The van der Waals surface area contributed by atoms with Gasteiger partial charge in [0.05, 0.1) is 16.2 Å². The van der Waals surface area contributed by atoms with Crippen LogP contribution in [0.1, 0.15) is 42.9 Å². The summed E-state index contributed by atoms with van der Waals surface area (Å²) in [6, 6.07) is 9.68. The van der Waals surface area contributed by atoms with Crippen LogP contribution < -0.4 is 21.7 Å². The number of sulfone groups is 1. The second-order valence-electron chi connectivity index (χ2n) is 9.31. The van der Waals surface area contributed by atoms with E-state index in [0.29, 0.717) is 24.1 Å². The maximum Gasteiger partial charge on any atom is 0.269 e. The average molecular weight is 515 g/mol. The Morgan fingerprint density at radius 2 is 1.81 bits per heavy atom. The number of nitrogens with one attached hydrogen (secondary N) is 2. The van der Waals surface area contributed by atoms with Crippen LogP contribution in [0, 0.1) is 15.5 Å². The van der Waals surface area contributed by atoms with Gasteiger partial charge in [-0.2, -0.15) is 0 Å². The minimum atomic E-state index is -3.72. The summed E-state index contributed by atoms with van der Waals surface area (Å²) in [5.74, 6) is -1.12.